The number of carbonyl (C=O) groups excluding carboxylic acids is 1. The standard InChI is InChI=1S/C30H29ClFN5OS/c1-17(2)29(38)34-25-13-12-22(16-24(25)31)37-28(27(35-30(37)39)26-7-5-6-14-33-26)23-15-18(3)36(19(23)4)21-10-8-20(32)9-11-21/h5-17,27-28H,1-4H3,(H,34,38)(H,35,39)/t27-,28-/m0/s1. The fraction of sp³-hybridized carbons (Fsp3) is 0.233. The van der Waals surface area contributed by atoms with E-state index in [9.17, 15) is 9.18 Å². The summed E-state index contributed by atoms with van der Waals surface area (Å²) in [4.78, 5) is 18.9. The van der Waals surface area contributed by atoms with E-state index in [0.29, 0.717) is 15.8 Å². The summed E-state index contributed by atoms with van der Waals surface area (Å²) < 4.78 is 15.8. The second kappa shape index (κ2) is 10.8. The van der Waals surface area contributed by atoms with E-state index in [1.807, 2.05) is 56.0 Å². The quantitative estimate of drug-likeness (QED) is 0.247. The Morgan fingerprint density at radius 3 is 2.44 bits per heavy atom. The molecule has 1 saturated heterocycles. The van der Waals surface area contributed by atoms with Gasteiger partial charge >= 0.3 is 0 Å². The molecular formula is C30H29ClFN5OS. The number of hydrogen-bond acceptors (Lipinski definition) is 3. The van der Waals surface area contributed by atoms with Crippen LogP contribution in [0.4, 0.5) is 15.8 Å². The molecule has 200 valence electrons. The monoisotopic (exact) mass is 561 g/mol. The maximum absolute atomic E-state index is 13.7. The zero-order chi connectivity index (χ0) is 27.8. The van der Waals surface area contributed by atoms with E-state index >= 15 is 0 Å². The lowest BCUT2D eigenvalue weighted by Gasteiger charge is -2.28. The van der Waals surface area contributed by atoms with Gasteiger partial charge in [0.25, 0.3) is 0 Å². The van der Waals surface area contributed by atoms with Crippen molar-refractivity contribution in [2.45, 2.75) is 39.8 Å². The zero-order valence-corrected chi connectivity index (χ0v) is 23.6. The molecule has 4 aromatic rings. The maximum atomic E-state index is 13.7. The fourth-order valence-corrected chi connectivity index (χ4v) is 5.62. The molecule has 1 fully saturated rings. The van der Waals surface area contributed by atoms with E-state index in [1.165, 1.54) is 12.1 Å². The number of pyridine rings is 1. The number of aryl methyl sites for hydroxylation is 1. The summed E-state index contributed by atoms with van der Waals surface area (Å²) in [6, 6.07) is 19.5. The number of halogens is 2. The second-order valence-electron chi connectivity index (χ2n) is 9.94. The van der Waals surface area contributed by atoms with Gasteiger partial charge in [0.2, 0.25) is 5.91 Å². The Hall–Kier alpha value is -3.75. The molecule has 39 heavy (non-hydrogen) atoms. The zero-order valence-electron chi connectivity index (χ0n) is 22.1. The largest absolute Gasteiger partial charge is 0.351 e. The molecule has 1 aliphatic heterocycles. The maximum Gasteiger partial charge on any atom is 0.226 e. The number of carbonyl (C=O) groups is 1. The lowest BCUT2D eigenvalue weighted by Crippen LogP contribution is -2.29. The first kappa shape index (κ1) is 26.8. The minimum absolute atomic E-state index is 0.107. The lowest BCUT2D eigenvalue weighted by molar-refractivity contribution is -0.118. The molecular weight excluding hydrogens is 533 g/mol. The molecule has 0 unspecified atom stereocenters. The van der Waals surface area contributed by atoms with Crippen LogP contribution in [0, 0.1) is 25.6 Å². The first-order valence-corrected chi connectivity index (χ1v) is 13.5. The van der Waals surface area contributed by atoms with Crippen molar-refractivity contribution in [3.05, 3.63) is 106 Å². The van der Waals surface area contributed by atoms with Gasteiger partial charge in [-0.05, 0) is 92.3 Å². The summed E-state index contributed by atoms with van der Waals surface area (Å²) in [7, 11) is 0. The molecule has 0 saturated carbocycles. The molecule has 6 nitrogen and oxygen atoms in total. The number of thiocarbonyl (C=S) groups is 1. The van der Waals surface area contributed by atoms with Gasteiger partial charge in [0.15, 0.2) is 5.11 Å². The van der Waals surface area contributed by atoms with Crippen LogP contribution < -0.4 is 15.5 Å². The molecule has 3 heterocycles. The van der Waals surface area contributed by atoms with Crippen LogP contribution >= 0.6 is 23.8 Å². The highest BCUT2D eigenvalue weighted by molar-refractivity contribution is 7.80. The molecule has 9 heteroatoms. The minimum atomic E-state index is -0.280. The summed E-state index contributed by atoms with van der Waals surface area (Å²) in [6.07, 6.45) is 1.77. The number of aromatic nitrogens is 2. The molecule has 0 spiro atoms. The van der Waals surface area contributed by atoms with Gasteiger partial charge in [-0.15, -0.1) is 0 Å². The number of hydrogen-bond donors (Lipinski definition) is 2. The topological polar surface area (TPSA) is 62.2 Å². The van der Waals surface area contributed by atoms with Gasteiger partial charge in [-0.1, -0.05) is 31.5 Å². The Morgan fingerprint density at radius 1 is 1.08 bits per heavy atom. The summed E-state index contributed by atoms with van der Waals surface area (Å²) in [5, 5.41) is 7.31. The summed E-state index contributed by atoms with van der Waals surface area (Å²) >= 11 is 12.5. The first-order chi connectivity index (χ1) is 18.7. The van der Waals surface area contributed by atoms with E-state index in [4.69, 9.17) is 23.8 Å². The van der Waals surface area contributed by atoms with Crippen LogP contribution in [0.25, 0.3) is 5.69 Å². The predicted molar refractivity (Wildman–Crippen MR) is 158 cm³/mol. The van der Waals surface area contributed by atoms with Crippen LogP contribution in [0.3, 0.4) is 0 Å². The third-order valence-electron chi connectivity index (χ3n) is 6.98. The van der Waals surface area contributed by atoms with E-state index in [1.54, 1.807) is 24.4 Å². The van der Waals surface area contributed by atoms with Crippen LogP contribution in [0.2, 0.25) is 5.02 Å². The van der Waals surface area contributed by atoms with Crippen molar-refractivity contribution in [2.24, 2.45) is 5.92 Å². The number of rotatable bonds is 6. The Labute approximate surface area is 237 Å². The van der Waals surface area contributed by atoms with Gasteiger partial charge in [-0.2, -0.15) is 0 Å². The van der Waals surface area contributed by atoms with E-state index in [0.717, 1.165) is 34.0 Å². The fourth-order valence-electron chi connectivity index (χ4n) is 5.06. The summed E-state index contributed by atoms with van der Waals surface area (Å²) in [5.74, 6) is -0.557. The Balaban J connectivity index is 1.61. The van der Waals surface area contributed by atoms with Crippen LogP contribution in [0.1, 0.15) is 48.6 Å². The van der Waals surface area contributed by atoms with Gasteiger partial charge in [0.1, 0.15) is 5.82 Å². The normalized spacial score (nSPS) is 17.0. The van der Waals surface area contributed by atoms with E-state index in [2.05, 4.69) is 33.2 Å². The molecule has 2 N–H and O–H groups in total. The molecule has 1 amide bonds. The van der Waals surface area contributed by atoms with Crippen molar-refractivity contribution in [3.63, 3.8) is 0 Å². The average Bonchev–Trinajstić information content (AvgIpc) is 3.41. The Bertz CT molecular complexity index is 1540. The number of anilines is 2. The highest BCUT2D eigenvalue weighted by Crippen LogP contribution is 2.44. The molecule has 0 aliphatic carbocycles. The molecule has 5 rings (SSSR count). The lowest BCUT2D eigenvalue weighted by atomic mass is 9.96. The predicted octanol–water partition coefficient (Wildman–Crippen LogP) is 7.05. The Morgan fingerprint density at radius 2 is 1.79 bits per heavy atom. The van der Waals surface area contributed by atoms with Gasteiger partial charge < -0.3 is 20.1 Å². The van der Waals surface area contributed by atoms with Gasteiger partial charge in [-0.3, -0.25) is 9.78 Å². The number of nitrogens with one attached hydrogen (secondary N) is 2. The van der Waals surface area contributed by atoms with Crippen molar-refractivity contribution < 1.29 is 9.18 Å². The van der Waals surface area contributed by atoms with Crippen LogP contribution in [0.5, 0.6) is 0 Å². The van der Waals surface area contributed by atoms with Crippen molar-refractivity contribution in [2.75, 3.05) is 10.2 Å². The summed E-state index contributed by atoms with van der Waals surface area (Å²) in [6.45, 7) is 7.75. The van der Waals surface area contributed by atoms with E-state index in [-0.39, 0.29) is 29.7 Å². The van der Waals surface area contributed by atoms with Crippen LogP contribution in [0.15, 0.2) is 72.9 Å². The van der Waals surface area contributed by atoms with Crippen molar-refractivity contribution in [3.8, 4) is 5.69 Å². The smallest absolute Gasteiger partial charge is 0.226 e. The third-order valence-corrected chi connectivity index (χ3v) is 7.61. The highest BCUT2D eigenvalue weighted by atomic mass is 35.5. The Kier molecular flexibility index (Phi) is 7.42. The van der Waals surface area contributed by atoms with Gasteiger partial charge in [-0.25, -0.2) is 4.39 Å². The number of amides is 1. The number of nitrogens with zero attached hydrogens (tertiary/aromatic N) is 3. The van der Waals surface area contributed by atoms with Crippen molar-refractivity contribution >= 4 is 46.2 Å². The second-order valence-corrected chi connectivity index (χ2v) is 10.7. The van der Waals surface area contributed by atoms with Crippen molar-refractivity contribution in [1.29, 1.82) is 0 Å². The molecule has 0 radical (unpaired) electrons. The third kappa shape index (κ3) is 5.14. The van der Waals surface area contributed by atoms with Crippen LogP contribution in [-0.2, 0) is 4.79 Å². The SMILES string of the molecule is Cc1cc([C@H]2[C@H](c3ccccn3)NC(=S)N2c2ccc(NC(=O)C(C)C)c(Cl)c2)c(C)n1-c1ccc(F)cc1. The molecule has 2 atom stereocenters. The average molecular weight is 562 g/mol. The molecule has 2 aromatic heterocycles. The summed E-state index contributed by atoms with van der Waals surface area (Å²) in [5.41, 5.74) is 6.13. The molecule has 0 bridgehead atoms. The van der Waals surface area contributed by atoms with Crippen molar-refractivity contribution in [1.82, 2.24) is 14.9 Å². The van der Waals surface area contributed by atoms with Gasteiger partial charge in [0.05, 0.1) is 28.5 Å². The minimum Gasteiger partial charge on any atom is -0.351 e. The first-order valence-electron chi connectivity index (χ1n) is 12.7. The molecule has 1 aliphatic rings. The highest BCUT2D eigenvalue weighted by Gasteiger charge is 2.42. The van der Waals surface area contributed by atoms with E-state index < -0.39 is 0 Å². The van der Waals surface area contributed by atoms with Gasteiger partial charge in [0, 0.05) is 34.9 Å². The molecule has 2 aromatic carbocycles. The van der Waals surface area contributed by atoms with Crippen LogP contribution in [-0.4, -0.2) is 20.6 Å². The number of benzene rings is 2.